The Bertz CT molecular complexity index is 1230. The third-order valence-electron chi connectivity index (χ3n) is 4.99. The molecule has 0 unspecified atom stereocenters. The zero-order chi connectivity index (χ0) is 23.6. The predicted molar refractivity (Wildman–Crippen MR) is 134 cm³/mol. The molecule has 0 aliphatic carbocycles. The van der Waals surface area contributed by atoms with Crippen molar-refractivity contribution in [3.05, 3.63) is 120 Å². The minimum absolute atomic E-state index is 0.0668. The van der Waals surface area contributed by atoms with Crippen LogP contribution in [-0.2, 0) is 11.3 Å². The normalized spacial score (nSPS) is 10.2. The molecular weight excluding hydrogens is 426 g/mol. The summed E-state index contributed by atoms with van der Waals surface area (Å²) in [6.45, 7) is 0.520. The Balaban J connectivity index is 1.25. The zero-order valence-electron chi connectivity index (χ0n) is 18.5. The Kier molecular flexibility index (Phi) is 7.54. The lowest BCUT2D eigenvalue weighted by Crippen LogP contribution is -2.23. The second kappa shape index (κ2) is 11.3. The maximum absolute atomic E-state index is 12.5. The van der Waals surface area contributed by atoms with Gasteiger partial charge in [-0.3, -0.25) is 9.59 Å². The summed E-state index contributed by atoms with van der Waals surface area (Å²) in [6, 6.07) is 33.5. The third-order valence-corrected chi connectivity index (χ3v) is 4.99. The van der Waals surface area contributed by atoms with Crippen molar-refractivity contribution in [2.24, 2.45) is 0 Å². The van der Waals surface area contributed by atoms with Gasteiger partial charge in [-0.25, -0.2) is 0 Å². The van der Waals surface area contributed by atoms with E-state index < -0.39 is 0 Å². The van der Waals surface area contributed by atoms with Crippen LogP contribution in [-0.4, -0.2) is 18.4 Å². The van der Waals surface area contributed by atoms with Crippen molar-refractivity contribution in [1.29, 1.82) is 0 Å². The lowest BCUT2D eigenvalue weighted by atomic mass is 10.1. The van der Waals surface area contributed by atoms with Gasteiger partial charge < -0.3 is 20.7 Å². The fourth-order valence-electron chi connectivity index (χ4n) is 3.27. The van der Waals surface area contributed by atoms with Gasteiger partial charge in [0.15, 0.2) is 0 Å². The molecule has 4 aromatic carbocycles. The first-order valence-electron chi connectivity index (χ1n) is 10.9. The molecule has 6 nitrogen and oxygen atoms in total. The Morgan fingerprint density at radius 3 is 2.09 bits per heavy atom. The highest BCUT2D eigenvalue weighted by Gasteiger charge is 2.08. The van der Waals surface area contributed by atoms with E-state index in [1.807, 2.05) is 66.7 Å². The Morgan fingerprint density at radius 1 is 0.676 bits per heavy atom. The number of benzene rings is 4. The van der Waals surface area contributed by atoms with E-state index in [1.165, 1.54) is 0 Å². The molecule has 3 N–H and O–H groups in total. The van der Waals surface area contributed by atoms with Crippen LogP contribution in [0, 0.1) is 0 Å². The molecule has 0 heterocycles. The summed E-state index contributed by atoms with van der Waals surface area (Å²) in [6.07, 6.45) is 0. The average Bonchev–Trinajstić information content (AvgIpc) is 2.88. The molecule has 34 heavy (non-hydrogen) atoms. The molecule has 2 amide bonds. The van der Waals surface area contributed by atoms with Crippen LogP contribution in [0.5, 0.6) is 11.5 Å². The number of hydrogen-bond donors (Lipinski definition) is 3. The number of rotatable bonds is 9. The molecule has 4 rings (SSSR count). The first-order valence-corrected chi connectivity index (χ1v) is 10.9. The highest BCUT2D eigenvalue weighted by molar-refractivity contribution is 5.96. The highest BCUT2D eigenvalue weighted by atomic mass is 16.5. The van der Waals surface area contributed by atoms with Gasteiger partial charge in [-0.1, -0.05) is 54.6 Å². The van der Waals surface area contributed by atoms with Gasteiger partial charge in [0.05, 0.1) is 6.54 Å². The van der Waals surface area contributed by atoms with Crippen molar-refractivity contribution in [3.63, 3.8) is 0 Å². The van der Waals surface area contributed by atoms with Crippen molar-refractivity contribution in [3.8, 4) is 11.5 Å². The monoisotopic (exact) mass is 451 g/mol. The van der Waals surface area contributed by atoms with Gasteiger partial charge in [0.2, 0.25) is 5.91 Å². The molecule has 0 saturated carbocycles. The minimum Gasteiger partial charge on any atom is -0.457 e. The smallest absolute Gasteiger partial charge is 0.251 e. The molecule has 0 bridgehead atoms. The summed E-state index contributed by atoms with van der Waals surface area (Å²) in [5.74, 6) is 1.06. The summed E-state index contributed by atoms with van der Waals surface area (Å²) in [5.41, 5.74) is 2.91. The Hall–Kier alpha value is -4.58. The molecule has 0 aromatic heterocycles. The summed E-state index contributed by atoms with van der Waals surface area (Å²) in [4.78, 5) is 24.8. The molecule has 6 heteroatoms. The van der Waals surface area contributed by atoms with Gasteiger partial charge in [-0.2, -0.15) is 0 Å². The van der Waals surface area contributed by atoms with Gasteiger partial charge in [0, 0.05) is 23.5 Å². The van der Waals surface area contributed by atoms with Gasteiger partial charge in [0.25, 0.3) is 5.91 Å². The maximum atomic E-state index is 12.5. The van der Waals surface area contributed by atoms with Crippen molar-refractivity contribution in [2.45, 2.75) is 6.54 Å². The van der Waals surface area contributed by atoms with E-state index in [1.54, 1.807) is 42.5 Å². The van der Waals surface area contributed by atoms with Crippen LogP contribution in [0.3, 0.4) is 0 Å². The van der Waals surface area contributed by atoms with Crippen molar-refractivity contribution < 1.29 is 14.3 Å². The summed E-state index contributed by atoms with van der Waals surface area (Å²) in [7, 11) is 0. The molecule has 0 aliphatic rings. The maximum Gasteiger partial charge on any atom is 0.251 e. The summed E-state index contributed by atoms with van der Waals surface area (Å²) >= 11 is 0. The van der Waals surface area contributed by atoms with Gasteiger partial charge >= 0.3 is 0 Å². The van der Waals surface area contributed by atoms with E-state index in [2.05, 4.69) is 16.0 Å². The van der Waals surface area contributed by atoms with E-state index in [0.29, 0.717) is 29.2 Å². The van der Waals surface area contributed by atoms with Crippen LogP contribution in [0.4, 0.5) is 11.4 Å². The number of carbonyl (C=O) groups is 2. The van der Waals surface area contributed by atoms with Crippen molar-refractivity contribution in [2.75, 3.05) is 17.2 Å². The number of hydrogen-bond acceptors (Lipinski definition) is 4. The number of ether oxygens (including phenoxy) is 1. The third kappa shape index (κ3) is 6.71. The molecule has 0 atom stereocenters. The number of amides is 2. The largest absolute Gasteiger partial charge is 0.457 e. The first kappa shape index (κ1) is 22.6. The molecule has 0 saturated heterocycles. The quantitative estimate of drug-likeness (QED) is 0.316. The van der Waals surface area contributed by atoms with E-state index in [-0.39, 0.29) is 18.4 Å². The molecule has 0 aliphatic heterocycles. The molecular formula is C28H25N3O3. The minimum atomic E-state index is -0.198. The van der Waals surface area contributed by atoms with Crippen LogP contribution in [0.25, 0.3) is 0 Å². The van der Waals surface area contributed by atoms with Crippen LogP contribution in [0.1, 0.15) is 15.9 Å². The first-order chi connectivity index (χ1) is 16.7. The Morgan fingerprint density at radius 2 is 1.35 bits per heavy atom. The Labute approximate surface area is 198 Å². The van der Waals surface area contributed by atoms with Crippen LogP contribution in [0.15, 0.2) is 109 Å². The topological polar surface area (TPSA) is 79.5 Å². The fourth-order valence-corrected chi connectivity index (χ4v) is 3.27. The average molecular weight is 452 g/mol. The fraction of sp³-hybridized carbons (Fsp3) is 0.0714. The van der Waals surface area contributed by atoms with Crippen molar-refractivity contribution in [1.82, 2.24) is 5.32 Å². The second-order valence-corrected chi connectivity index (χ2v) is 7.59. The summed E-state index contributed by atoms with van der Waals surface area (Å²) in [5, 5.41) is 8.81. The highest BCUT2D eigenvalue weighted by Crippen LogP contribution is 2.22. The van der Waals surface area contributed by atoms with Gasteiger partial charge in [-0.15, -0.1) is 0 Å². The lowest BCUT2D eigenvalue weighted by Gasteiger charge is -2.10. The van der Waals surface area contributed by atoms with Crippen molar-refractivity contribution >= 4 is 23.2 Å². The predicted octanol–water partition coefficient (Wildman–Crippen LogP) is 5.46. The lowest BCUT2D eigenvalue weighted by molar-refractivity contribution is -0.114. The zero-order valence-corrected chi connectivity index (χ0v) is 18.5. The summed E-state index contributed by atoms with van der Waals surface area (Å²) < 4.78 is 5.76. The van der Waals surface area contributed by atoms with Crippen LogP contribution < -0.4 is 20.7 Å². The van der Waals surface area contributed by atoms with E-state index in [0.717, 1.165) is 11.3 Å². The van der Waals surface area contributed by atoms with Gasteiger partial charge in [0.1, 0.15) is 11.5 Å². The second-order valence-electron chi connectivity index (χ2n) is 7.59. The number of anilines is 2. The van der Waals surface area contributed by atoms with E-state index in [4.69, 9.17) is 4.74 Å². The van der Waals surface area contributed by atoms with Gasteiger partial charge in [-0.05, 0) is 60.2 Å². The van der Waals surface area contributed by atoms with E-state index in [9.17, 15) is 9.59 Å². The number of nitrogens with one attached hydrogen (secondary N) is 3. The van der Waals surface area contributed by atoms with Crippen LogP contribution in [0.2, 0.25) is 0 Å². The number of para-hydroxylation sites is 1. The number of carbonyl (C=O) groups excluding carboxylic acids is 2. The molecule has 0 radical (unpaired) electrons. The van der Waals surface area contributed by atoms with E-state index >= 15 is 0 Å². The SMILES string of the molecule is O=C(CNc1cccc(C(=O)NCc2ccccc2)c1)Nc1ccc(Oc2ccccc2)cc1. The van der Waals surface area contributed by atoms with Crippen LogP contribution >= 0.6 is 0 Å². The molecule has 0 spiro atoms. The molecule has 170 valence electrons. The molecule has 4 aromatic rings. The molecule has 0 fully saturated rings. The standard InChI is InChI=1S/C28H25N3O3/c32-27(31-23-14-16-26(17-15-23)34-25-12-5-2-6-13-25)20-29-24-11-7-10-22(18-24)28(33)30-19-21-8-3-1-4-9-21/h1-18,29H,19-20H2,(H,30,33)(H,31,32).